The Labute approximate surface area is 123 Å². The molecule has 0 aliphatic rings. The van der Waals surface area contributed by atoms with Gasteiger partial charge in [0.2, 0.25) is 0 Å². The second kappa shape index (κ2) is 7.38. The first kappa shape index (κ1) is 16.6. The van der Waals surface area contributed by atoms with Crippen molar-refractivity contribution in [3.63, 3.8) is 0 Å². The number of nitrogens with one attached hydrogen (secondary N) is 1. The second-order valence-electron chi connectivity index (χ2n) is 4.94. The molecule has 0 amide bonds. The Bertz CT molecular complexity index is 502. The Balaban J connectivity index is 2.59. The van der Waals surface area contributed by atoms with E-state index in [-0.39, 0.29) is 17.2 Å². The standard InChI is InChI=1S/C13H20BrNO3S/c1-10(2)7-15-8-12(16)9-19(17,18)13-5-3-4-11(14)6-13/h3-6,10,12,15-16H,7-9H2,1-2H3. The fourth-order valence-electron chi connectivity index (χ4n) is 1.61. The van der Waals surface area contributed by atoms with Gasteiger partial charge in [0.15, 0.2) is 9.84 Å². The summed E-state index contributed by atoms with van der Waals surface area (Å²) in [5.41, 5.74) is 0. The van der Waals surface area contributed by atoms with Gasteiger partial charge >= 0.3 is 0 Å². The first-order valence-electron chi connectivity index (χ1n) is 6.18. The zero-order valence-electron chi connectivity index (χ0n) is 11.1. The van der Waals surface area contributed by atoms with Crippen LogP contribution in [0.4, 0.5) is 0 Å². The monoisotopic (exact) mass is 349 g/mol. The lowest BCUT2D eigenvalue weighted by Crippen LogP contribution is -2.34. The number of halogens is 1. The van der Waals surface area contributed by atoms with E-state index in [0.29, 0.717) is 10.4 Å². The van der Waals surface area contributed by atoms with Crippen LogP contribution in [0.2, 0.25) is 0 Å². The summed E-state index contributed by atoms with van der Waals surface area (Å²) in [5.74, 6) is 0.197. The number of hydrogen-bond donors (Lipinski definition) is 2. The molecule has 1 rings (SSSR count). The number of rotatable bonds is 7. The highest BCUT2D eigenvalue weighted by Gasteiger charge is 2.19. The quantitative estimate of drug-likeness (QED) is 0.787. The smallest absolute Gasteiger partial charge is 0.180 e. The van der Waals surface area contributed by atoms with E-state index in [9.17, 15) is 13.5 Å². The van der Waals surface area contributed by atoms with Crippen molar-refractivity contribution in [1.82, 2.24) is 5.32 Å². The summed E-state index contributed by atoms with van der Waals surface area (Å²) in [4.78, 5) is 0.227. The lowest BCUT2D eigenvalue weighted by molar-refractivity contribution is 0.192. The summed E-state index contributed by atoms with van der Waals surface area (Å²) in [6.45, 7) is 5.15. The Morgan fingerprint density at radius 3 is 2.58 bits per heavy atom. The highest BCUT2D eigenvalue weighted by molar-refractivity contribution is 9.10. The Morgan fingerprint density at radius 2 is 2.00 bits per heavy atom. The van der Waals surface area contributed by atoms with Crippen LogP contribution in [0.25, 0.3) is 0 Å². The molecule has 108 valence electrons. The number of aliphatic hydroxyl groups is 1. The molecule has 0 bridgehead atoms. The van der Waals surface area contributed by atoms with E-state index in [1.54, 1.807) is 18.2 Å². The van der Waals surface area contributed by atoms with Gasteiger partial charge in [0.1, 0.15) is 0 Å². The van der Waals surface area contributed by atoms with E-state index in [1.165, 1.54) is 6.07 Å². The maximum absolute atomic E-state index is 12.1. The Hall–Kier alpha value is -0.430. The molecule has 0 heterocycles. The molecule has 1 atom stereocenters. The van der Waals surface area contributed by atoms with Crippen LogP contribution in [0.3, 0.4) is 0 Å². The van der Waals surface area contributed by atoms with Crippen molar-refractivity contribution in [3.8, 4) is 0 Å². The minimum atomic E-state index is -3.45. The second-order valence-corrected chi connectivity index (χ2v) is 7.89. The lowest BCUT2D eigenvalue weighted by atomic mass is 10.2. The van der Waals surface area contributed by atoms with Crippen LogP contribution in [0, 0.1) is 5.92 Å². The molecule has 1 aromatic rings. The van der Waals surface area contributed by atoms with Crippen LogP contribution in [0.15, 0.2) is 33.6 Å². The molecular formula is C13H20BrNO3S. The van der Waals surface area contributed by atoms with Gasteiger partial charge in [-0.3, -0.25) is 0 Å². The summed E-state index contributed by atoms with van der Waals surface area (Å²) in [6, 6.07) is 6.51. The molecule has 0 radical (unpaired) electrons. The van der Waals surface area contributed by atoms with Gasteiger partial charge < -0.3 is 10.4 Å². The number of hydrogen-bond acceptors (Lipinski definition) is 4. The Morgan fingerprint density at radius 1 is 1.32 bits per heavy atom. The topological polar surface area (TPSA) is 66.4 Å². The molecule has 2 N–H and O–H groups in total. The van der Waals surface area contributed by atoms with Crippen LogP contribution >= 0.6 is 15.9 Å². The lowest BCUT2D eigenvalue weighted by Gasteiger charge is -2.13. The van der Waals surface area contributed by atoms with E-state index in [2.05, 4.69) is 35.1 Å². The van der Waals surface area contributed by atoms with Crippen LogP contribution in [-0.2, 0) is 9.84 Å². The SMILES string of the molecule is CC(C)CNCC(O)CS(=O)(=O)c1cccc(Br)c1. The van der Waals surface area contributed by atoms with Crippen molar-refractivity contribution in [2.45, 2.75) is 24.8 Å². The highest BCUT2D eigenvalue weighted by atomic mass is 79.9. The maximum Gasteiger partial charge on any atom is 0.180 e. The summed E-state index contributed by atoms with van der Waals surface area (Å²) >= 11 is 3.24. The van der Waals surface area contributed by atoms with Gasteiger partial charge in [0.25, 0.3) is 0 Å². The predicted molar refractivity (Wildman–Crippen MR) is 79.9 cm³/mol. The molecule has 6 heteroatoms. The van der Waals surface area contributed by atoms with Crippen LogP contribution in [0.1, 0.15) is 13.8 Å². The van der Waals surface area contributed by atoms with Crippen molar-refractivity contribution in [3.05, 3.63) is 28.7 Å². The molecular weight excluding hydrogens is 330 g/mol. The average molecular weight is 350 g/mol. The van der Waals surface area contributed by atoms with E-state index in [1.807, 2.05) is 0 Å². The van der Waals surface area contributed by atoms with Crippen LogP contribution in [-0.4, -0.2) is 38.5 Å². The molecule has 19 heavy (non-hydrogen) atoms. The third kappa shape index (κ3) is 6.03. The summed E-state index contributed by atoms with van der Waals surface area (Å²) < 4.78 is 24.9. The van der Waals surface area contributed by atoms with E-state index < -0.39 is 15.9 Å². The Kier molecular flexibility index (Phi) is 6.46. The van der Waals surface area contributed by atoms with Crippen molar-refractivity contribution >= 4 is 25.8 Å². The first-order valence-corrected chi connectivity index (χ1v) is 8.63. The normalized spacial score (nSPS) is 13.7. The van der Waals surface area contributed by atoms with E-state index >= 15 is 0 Å². The molecule has 0 spiro atoms. The van der Waals surface area contributed by atoms with Crippen molar-refractivity contribution < 1.29 is 13.5 Å². The first-order chi connectivity index (χ1) is 8.81. The third-order valence-corrected chi connectivity index (χ3v) is 4.79. The van der Waals surface area contributed by atoms with Gasteiger partial charge in [-0.05, 0) is 30.7 Å². The van der Waals surface area contributed by atoms with Crippen molar-refractivity contribution in [1.29, 1.82) is 0 Å². The minimum Gasteiger partial charge on any atom is -0.391 e. The number of aliphatic hydroxyl groups excluding tert-OH is 1. The number of sulfone groups is 1. The van der Waals surface area contributed by atoms with Gasteiger partial charge in [-0.25, -0.2) is 8.42 Å². The van der Waals surface area contributed by atoms with E-state index in [0.717, 1.165) is 6.54 Å². The van der Waals surface area contributed by atoms with Crippen LogP contribution < -0.4 is 5.32 Å². The van der Waals surface area contributed by atoms with Gasteiger partial charge in [0.05, 0.1) is 16.8 Å². The molecule has 0 aliphatic heterocycles. The van der Waals surface area contributed by atoms with E-state index in [4.69, 9.17) is 0 Å². The largest absolute Gasteiger partial charge is 0.391 e. The molecule has 0 aliphatic carbocycles. The van der Waals surface area contributed by atoms with Gasteiger partial charge in [-0.1, -0.05) is 35.8 Å². The molecule has 0 aromatic heterocycles. The molecule has 1 aromatic carbocycles. The highest BCUT2D eigenvalue weighted by Crippen LogP contribution is 2.17. The minimum absolute atomic E-state index is 0.227. The van der Waals surface area contributed by atoms with Gasteiger partial charge in [0, 0.05) is 11.0 Å². The molecule has 0 fully saturated rings. The third-order valence-electron chi connectivity index (χ3n) is 2.50. The molecule has 1 unspecified atom stereocenters. The van der Waals surface area contributed by atoms with Crippen LogP contribution in [0.5, 0.6) is 0 Å². The maximum atomic E-state index is 12.1. The zero-order chi connectivity index (χ0) is 14.5. The van der Waals surface area contributed by atoms with Gasteiger partial charge in [-0.15, -0.1) is 0 Å². The molecule has 4 nitrogen and oxygen atoms in total. The molecule has 0 saturated heterocycles. The fraction of sp³-hybridized carbons (Fsp3) is 0.538. The average Bonchev–Trinajstić information content (AvgIpc) is 2.27. The summed E-state index contributed by atoms with van der Waals surface area (Å²) in [7, 11) is -3.45. The predicted octanol–water partition coefficient (Wildman–Crippen LogP) is 1.83. The number of benzene rings is 1. The van der Waals surface area contributed by atoms with Gasteiger partial charge in [-0.2, -0.15) is 0 Å². The van der Waals surface area contributed by atoms with Crippen molar-refractivity contribution in [2.75, 3.05) is 18.8 Å². The summed E-state index contributed by atoms with van der Waals surface area (Å²) in [6.07, 6.45) is -0.900. The summed E-state index contributed by atoms with van der Waals surface area (Å²) in [5, 5.41) is 12.8. The van der Waals surface area contributed by atoms with Crippen molar-refractivity contribution in [2.24, 2.45) is 5.92 Å². The fourth-order valence-corrected chi connectivity index (χ4v) is 3.57. The molecule has 0 saturated carbocycles. The zero-order valence-corrected chi connectivity index (χ0v) is 13.5.